The van der Waals surface area contributed by atoms with Crippen molar-refractivity contribution >= 4 is 5.91 Å². The third-order valence-electron chi connectivity index (χ3n) is 6.92. The normalized spacial score (nSPS) is 18.2. The molecule has 1 amide bonds. The Bertz CT molecular complexity index is 1110. The summed E-state index contributed by atoms with van der Waals surface area (Å²) in [4.78, 5) is 17.9. The van der Waals surface area contributed by atoms with Crippen LogP contribution in [0.1, 0.15) is 41.4 Å². The van der Waals surface area contributed by atoms with Crippen LogP contribution in [0.5, 0.6) is 5.75 Å². The highest BCUT2D eigenvalue weighted by Crippen LogP contribution is 2.35. The molecule has 1 aliphatic rings. The zero-order chi connectivity index (χ0) is 24.9. The van der Waals surface area contributed by atoms with Gasteiger partial charge in [-0.05, 0) is 65.9 Å². The largest absolute Gasteiger partial charge is 0.497 e. The number of amides is 1. The molecule has 1 fully saturated rings. The molecule has 2 atom stereocenters. The van der Waals surface area contributed by atoms with Crippen LogP contribution in [0.3, 0.4) is 0 Å². The second-order valence-electron chi connectivity index (χ2n) is 10.1. The molecule has 5 nitrogen and oxygen atoms in total. The molecule has 3 aromatic rings. The fraction of sp³-hybridized carbons (Fsp3) is 0.414. The molecule has 1 saturated heterocycles. The molecule has 0 spiro atoms. The third-order valence-corrected chi connectivity index (χ3v) is 6.92. The van der Waals surface area contributed by atoms with Gasteiger partial charge in [0.25, 0.3) is 5.91 Å². The summed E-state index contributed by atoms with van der Waals surface area (Å²) in [6.45, 7) is 8.30. The molecule has 2 heterocycles. The van der Waals surface area contributed by atoms with Gasteiger partial charge in [-0.25, -0.2) is 4.39 Å². The maximum absolute atomic E-state index is 13.5. The highest BCUT2D eigenvalue weighted by molar-refractivity contribution is 5.94. The van der Waals surface area contributed by atoms with Gasteiger partial charge in [-0.3, -0.25) is 9.69 Å². The van der Waals surface area contributed by atoms with E-state index in [2.05, 4.69) is 60.8 Å². The fourth-order valence-corrected chi connectivity index (χ4v) is 5.13. The summed E-state index contributed by atoms with van der Waals surface area (Å²) in [5.41, 5.74) is 3.08. The van der Waals surface area contributed by atoms with Crippen molar-refractivity contribution in [1.82, 2.24) is 14.4 Å². The van der Waals surface area contributed by atoms with E-state index in [0.29, 0.717) is 30.5 Å². The van der Waals surface area contributed by atoms with Crippen molar-refractivity contribution in [3.8, 4) is 5.75 Å². The van der Waals surface area contributed by atoms with Gasteiger partial charge in [0.15, 0.2) is 0 Å². The van der Waals surface area contributed by atoms with Crippen LogP contribution < -0.4 is 4.74 Å². The van der Waals surface area contributed by atoms with Crippen LogP contribution in [0.15, 0.2) is 66.9 Å². The predicted molar refractivity (Wildman–Crippen MR) is 137 cm³/mol. The van der Waals surface area contributed by atoms with E-state index in [1.165, 1.54) is 23.4 Å². The first kappa shape index (κ1) is 25.0. The summed E-state index contributed by atoms with van der Waals surface area (Å²) in [6.07, 6.45) is 2.08. The van der Waals surface area contributed by atoms with Gasteiger partial charge in [-0.15, -0.1) is 0 Å². The highest BCUT2D eigenvalue weighted by atomic mass is 19.1. The van der Waals surface area contributed by atoms with Crippen LogP contribution >= 0.6 is 0 Å². The lowest BCUT2D eigenvalue weighted by atomic mass is 9.88. The van der Waals surface area contributed by atoms with Crippen LogP contribution in [0, 0.1) is 17.7 Å². The van der Waals surface area contributed by atoms with E-state index < -0.39 is 0 Å². The molecule has 6 heteroatoms. The number of halogens is 1. The van der Waals surface area contributed by atoms with Crippen LogP contribution in [0.4, 0.5) is 4.39 Å². The standard InChI is InChI=1S/C29H36FN3O2/c1-21(2)16-33(29(34)23-7-11-25(30)12-8-23)18-24-17-32(19-26-6-5-15-31(26)3)20-28(24)22-9-13-27(35-4)14-10-22/h5-15,21,24,28H,16-20H2,1-4H3. The lowest BCUT2D eigenvalue weighted by Crippen LogP contribution is -2.39. The Kier molecular flexibility index (Phi) is 7.91. The van der Waals surface area contributed by atoms with Gasteiger partial charge in [-0.1, -0.05) is 26.0 Å². The number of nitrogens with zero attached hydrogens (tertiary/aromatic N) is 3. The molecule has 35 heavy (non-hydrogen) atoms. The average Bonchev–Trinajstić information content (AvgIpc) is 3.44. The lowest BCUT2D eigenvalue weighted by molar-refractivity contribution is 0.0703. The van der Waals surface area contributed by atoms with Crippen LogP contribution in [-0.4, -0.2) is 53.6 Å². The number of methoxy groups -OCH3 is 1. The number of carbonyl (C=O) groups is 1. The molecule has 4 rings (SSSR count). The molecule has 0 N–H and O–H groups in total. The Morgan fingerprint density at radius 2 is 1.80 bits per heavy atom. The van der Waals surface area contributed by atoms with Gasteiger partial charge < -0.3 is 14.2 Å². The number of aromatic nitrogens is 1. The minimum atomic E-state index is -0.330. The summed E-state index contributed by atoms with van der Waals surface area (Å²) in [5, 5.41) is 0. The van der Waals surface area contributed by atoms with Gasteiger partial charge in [0, 0.05) is 63.1 Å². The Labute approximate surface area is 208 Å². The Hall–Kier alpha value is -3.12. The van der Waals surface area contributed by atoms with Crippen molar-refractivity contribution in [1.29, 1.82) is 0 Å². The van der Waals surface area contributed by atoms with Crippen molar-refractivity contribution in [3.05, 3.63) is 89.5 Å². The second kappa shape index (κ2) is 11.1. The van der Waals surface area contributed by atoms with Gasteiger partial charge >= 0.3 is 0 Å². The zero-order valence-corrected chi connectivity index (χ0v) is 21.2. The van der Waals surface area contributed by atoms with Gasteiger partial charge in [0.2, 0.25) is 0 Å². The topological polar surface area (TPSA) is 37.7 Å². The number of rotatable bonds is 9. The van der Waals surface area contributed by atoms with Crippen molar-refractivity contribution in [3.63, 3.8) is 0 Å². The second-order valence-corrected chi connectivity index (χ2v) is 10.1. The quantitative estimate of drug-likeness (QED) is 0.426. The average molecular weight is 478 g/mol. The predicted octanol–water partition coefficient (Wildman–Crippen LogP) is 5.19. The molecule has 0 saturated carbocycles. The SMILES string of the molecule is COc1ccc(C2CN(Cc3cccn3C)CC2CN(CC(C)C)C(=O)c2ccc(F)cc2)cc1. The first-order valence-electron chi connectivity index (χ1n) is 12.4. The van der Waals surface area contributed by atoms with Crippen molar-refractivity contribution < 1.29 is 13.9 Å². The number of hydrogen-bond acceptors (Lipinski definition) is 3. The van der Waals surface area contributed by atoms with E-state index in [1.54, 1.807) is 19.2 Å². The molecule has 1 aromatic heterocycles. The summed E-state index contributed by atoms with van der Waals surface area (Å²) in [6, 6.07) is 18.5. The summed E-state index contributed by atoms with van der Waals surface area (Å²) in [5.74, 6) is 1.40. The van der Waals surface area contributed by atoms with E-state index in [9.17, 15) is 9.18 Å². The first-order chi connectivity index (χ1) is 16.8. The Morgan fingerprint density at radius 1 is 1.09 bits per heavy atom. The van der Waals surface area contributed by atoms with Crippen LogP contribution in [-0.2, 0) is 13.6 Å². The molecule has 0 radical (unpaired) electrons. The molecule has 1 aliphatic heterocycles. The van der Waals surface area contributed by atoms with E-state index in [0.717, 1.165) is 25.4 Å². The number of carbonyl (C=O) groups excluding carboxylic acids is 1. The lowest BCUT2D eigenvalue weighted by Gasteiger charge is -2.30. The Balaban J connectivity index is 1.58. The molecule has 186 valence electrons. The van der Waals surface area contributed by atoms with E-state index >= 15 is 0 Å². The maximum atomic E-state index is 13.5. The van der Waals surface area contributed by atoms with Crippen LogP contribution in [0.25, 0.3) is 0 Å². The zero-order valence-electron chi connectivity index (χ0n) is 21.2. The highest BCUT2D eigenvalue weighted by Gasteiger charge is 2.36. The number of likely N-dealkylation sites (tertiary alicyclic amines) is 1. The van der Waals surface area contributed by atoms with E-state index in [-0.39, 0.29) is 17.6 Å². The van der Waals surface area contributed by atoms with Gasteiger partial charge in [0.05, 0.1) is 7.11 Å². The minimum absolute atomic E-state index is 0.0342. The van der Waals surface area contributed by atoms with Crippen molar-refractivity contribution in [2.75, 3.05) is 33.3 Å². The molecular formula is C29H36FN3O2. The van der Waals surface area contributed by atoms with Gasteiger partial charge in [-0.2, -0.15) is 0 Å². The first-order valence-corrected chi connectivity index (χ1v) is 12.4. The van der Waals surface area contributed by atoms with Crippen molar-refractivity contribution in [2.45, 2.75) is 26.3 Å². The molecule has 0 bridgehead atoms. The van der Waals surface area contributed by atoms with E-state index in [4.69, 9.17) is 4.74 Å². The monoisotopic (exact) mass is 477 g/mol. The third kappa shape index (κ3) is 6.12. The number of ether oxygens (including phenoxy) is 1. The number of hydrogen-bond donors (Lipinski definition) is 0. The Morgan fingerprint density at radius 3 is 2.40 bits per heavy atom. The number of aryl methyl sites for hydroxylation is 1. The summed E-state index contributed by atoms with van der Waals surface area (Å²) in [7, 11) is 3.76. The summed E-state index contributed by atoms with van der Waals surface area (Å²) >= 11 is 0. The molecule has 0 aliphatic carbocycles. The minimum Gasteiger partial charge on any atom is -0.497 e. The molecule has 2 aromatic carbocycles. The maximum Gasteiger partial charge on any atom is 0.253 e. The smallest absolute Gasteiger partial charge is 0.253 e. The molecular weight excluding hydrogens is 441 g/mol. The number of benzene rings is 2. The fourth-order valence-electron chi connectivity index (χ4n) is 5.13. The molecule has 2 unspecified atom stereocenters. The van der Waals surface area contributed by atoms with E-state index in [1.807, 2.05) is 17.0 Å². The van der Waals surface area contributed by atoms with Crippen LogP contribution in [0.2, 0.25) is 0 Å². The summed E-state index contributed by atoms with van der Waals surface area (Å²) < 4.78 is 21.0. The van der Waals surface area contributed by atoms with Crippen molar-refractivity contribution in [2.24, 2.45) is 18.9 Å². The van der Waals surface area contributed by atoms with Gasteiger partial charge in [0.1, 0.15) is 11.6 Å².